The fraction of sp³-hybridized carbons (Fsp3) is 0.529. The molecular weight excluding hydrogens is 314 g/mol. The Balaban J connectivity index is 2.37. The first-order valence-electron chi connectivity index (χ1n) is 7.82. The van der Waals surface area contributed by atoms with Crippen LogP contribution in [-0.2, 0) is 14.3 Å². The highest BCUT2D eigenvalue weighted by Gasteiger charge is 2.33. The van der Waals surface area contributed by atoms with Crippen LogP contribution in [0.15, 0.2) is 36.9 Å². The average Bonchev–Trinajstić information content (AvgIpc) is 2.53. The first-order valence-corrected chi connectivity index (χ1v) is 9.63. The lowest BCUT2D eigenvalue weighted by Crippen LogP contribution is -2.44. The van der Waals surface area contributed by atoms with E-state index in [0.29, 0.717) is 5.75 Å². The maximum atomic E-state index is 11.8. The molecule has 1 aliphatic rings. The summed E-state index contributed by atoms with van der Waals surface area (Å²) in [5, 5.41) is 0. The van der Waals surface area contributed by atoms with Crippen LogP contribution in [0, 0.1) is 0 Å². The molecule has 0 aromatic heterocycles. The van der Waals surface area contributed by atoms with Gasteiger partial charge in [0.25, 0.3) is 10.1 Å². The van der Waals surface area contributed by atoms with Gasteiger partial charge in [-0.15, -0.1) is 6.58 Å². The molecule has 1 aliphatic heterocycles. The zero-order valence-electron chi connectivity index (χ0n) is 13.8. The summed E-state index contributed by atoms with van der Waals surface area (Å²) in [6.45, 7) is 5.44. The molecule has 0 N–H and O–H groups in total. The van der Waals surface area contributed by atoms with Crippen molar-refractivity contribution in [1.82, 2.24) is 4.90 Å². The van der Waals surface area contributed by atoms with Crippen LogP contribution < -0.4 is 4.74 Å². The molecule has 1 heterocycles. The van der Waals surface area contributed by atoms with Gasteiger partial charge in [-0.05, 0) is 37.1 Å². The van der Waals surface area contributed by atoms with Gasteiger partial charge in [0.05, 0.1) is 13.4 Å². The molecule has 2 atom stereocenters. The fourth-order valence-electron chi connectivity index (χ4n) is 3.10. The Bertz CT molecular complexity index is 629. The molecule has 1 unspecified atom stereocenters. The molecule has 1 aromatic carbocycles. The van der Waals surface area contributed by atoms with Crippen LogP contribution in [0.1, 0.15) is 30.9 Å². The van der Waals surface area contributed by atoms with E-state index >= 15 is 0 Å². The Morgan fingerprint density at radius 2 is 2.22 bits per heavy atom. The second kappa shape index (κ2) is 7.95. The molecule has 0 bridgehead atoms. The van der Waals surface area contributed by atoms with E-state index in [1.54, 1.807) is 7.11 Å². The van der Waals surface area contributed by atoms with Gasteiger partial charge in [0.15, 0.2) is 0 Å². The Hall–Kier alpha value is -1.37. The molecule has 23 heavy (non-hydrogen) atoms. The largest absolute Gasteiger partial charge is 0.497 e. The quantitative estimate of drug-likeness (QED) is 0.565. The number of ether oxygens (including phenoxy) is 1. The zero-order chi connectivity index (χ0) is 16.9. The molecule has 6 heteroatoms. The number of hydrogen-bond donors (Lipinski definition) is 0. The molecule has 1 aromatic rings. The van der Waals surface area contributed by atoms with E-state index in [4.69, 9.17) is 8.92 Å². The number of hydrogen-bond acceptors (Lipinski definition) is 5. The summed E-state index contributed by atoms with van der Waals surface area (Å²) < 4.78 is 34.3. The lowest BCUT2D eigenvalue weighted by atomic mass is 9.93. The highest BCUT2D eigenvalue weighted by atomic mass is 32.2. The summed E-state index contributed by atoms with van der Waals surface area (Å²) in [6, 6.07) is 7.43. The summed E-state index contributed by atoms with van der Waals surface area (Å²) in [5.74, 6) is 0.690. The summed E-state index contributed by atoms with van der Waals surface area (Å²) in [5.41, 5.74) is 0.815. The number of nitrogens with zero attached hydrogens (tertiary/aromatic N) is 1. The van der Waals surface area contributed by atoms with Gasteiger partial charge < -0.3 is 4.74 Å². The number of piperidine rings is 1. The van der Waals surface area contributed by atoms with Crippen molar-refractivity contribution in [3.8, 4) is 5.75 Å². The van der Waals surface area contributed by atoms with Crippen molar-refractivity contribution >= 4 is 10.1 Å². The van der Waals surface area contributed by atoms with E-state index < -0.39 is 16.2 Å². The van der Waals surface area contributed by atoms with Crippen molar-refractivity contribution < 1.29 is 17.3 Å². The standard InChI is InChI=1S/C17H25NO4S/c1-4-11-18-12-6-5-10-16(18)17(22-23(3,19)20)14-8-7-9-15(13-14)21-2/h4,7-9,13,16-17H,1,5-6,10-12H2,2-3H3/t16-,17?/m1/s1. The second-order valence-electron chi connectivity index (χ2n) is 5.84. The van der Waals surface area contributed by atoms with Gasteiger partial charge in [-0.25, -0.2) is 0 Å². The van der Waals surface area contributed by atoms with Gasteiger partial charge in [-0.2, -0.15) is 8.42 Å². The predicted octanol–water partition coefficient (Wildman–Crippen LogP) is 2.75. The third-order valence-corrected chi connectivity index (χ3v) is 4.64. The van der Waals surface area contributed by atoms with Crippen LogP contribution in [0.5, 0.6) is 5.75 Å². The van der Waals surface area contributed by atoms with Gasteiger partial charge in [0.1, 0.15) is 11.9 Å². The van der Waals surface area contributed by atoms with Gasteiger partial charge in [-0.3, -0.25) is 9.08 Å². The first-order chi connectivity index (χ1) is 10.9. The first kappa shape index (κ1) is 18.0. The molecule has 0 radical (unpaired) electrons. The smallest absolute Gasteiger partial charge is 0.265 e. The molecule has 0 saturated carbocycles. The highest BCUT2D eigenvalue weighted by Crippen LogP contribution is 2.34. The lowest BCUT2D eigenvalue weighted by molar-refractivity contribution is 0.0519. The minimum Gasteiger partial charge on any atom is -0.497 e. The average molecular weight is 339 g/mol. The van der Waals surface area contributed by atoms with Crippen molar-refractivity contribution in [2.45, 2.75) is 31.4 Å². The van der Waals surface area contributed by atoms with E-state index in [1.165, 1.54) is 0 Å². The van der Waals surface area contributed by atoms with Crippen LogP contribution in [0.4, 0.5) is 0 Å². The Labute approximate surface area is 139 Å². The molecule has 0 spiro atoms. The number of benzene rings is 1. The lowest BCUT2D eigenvalue weighted by Gasteiger charge is -2.39. The second-order valence-corrected chi connectivity index (χ2v) is 7.45. The Morgan fingerprint density at radius 1 is 1.43 bits per heavy atom. The fourth-order valence-corrected chi connectivity index (χ4v) is 3.72. The monoisotopic (exact) mass is 339 g/mol. The number of methoxy groups -OCH3 is 1. The van der Waals surface area contributed by atoms with Crippen molar-refractivity contribution in [3.63, 3.8) is 0 Å². The van der Waals surface area contributed by atoms with E-state index in [2.05, 4.69) is 11.5 Å². The van der Waals surface area contributed by atoms with E-state index in [9.17, 15) is 8.42 Å². The normalized spacial score (nSPS) is 20.9. The molecule has 5 nitrogen and oxygen atoms in total. The van der Waals surface area contributed by atoms with Crippen LogP contribution in [-0.4, -0.2) is 45.8 Å². The van der Waals surface area contributed by atoms with Gasteiger partial charge in [0, 0.05) is 12.6 Å². The summed E-state index contributed by atoms with van der Waals surface area (Å²) in [4.78, 5) is 2.24. The van der Waals surface area contributed by atoms with Gasteiger partial charge >= 0.3 is 0 Å². The van der Waals surface area contributed by atoms with E-state index in [-0.39, 0.29) is 6.04 Å². The van der Waals surface area contributed by atoms with Crippen LogP contribution >= 0.6 is 0 Å². The third-order valence-electron chi connectivity index (χ3n) is 4.08. The summed E-state index contributed by atoms with van der Waals surface area (Å²) in [6.07, 6.45) is 5.47. The van der Waals surface area contributed by atoms with Crippen molar-refractivity contribution in [1.29, 1.82) is 0 Å². The molecule has 1 fully saturated rings. The van der Waals surface area contributed by atoms with Crippen LogP contribution in [0.3, 0.4) is 0 Å². The SMILES string of the molecule is C=CCN1CCCC[C@@H]1C(OS(C)(=O)=O)c1cccc(OC)c1. The van der Waals surface area contributed by atoms with Crippen molar-refractivity contribution in [3.05, 3.63) is 42.5 Å². The third kappa shape index (κ3) is 5.06. The summed E-state index contributed by atoms with van der Waals surface area (Å²) >= 11 is 0. The minimum absolute atomic E-state index is 0.00332. The Morgan fingerprint density at radius 3 is 2.87 bits per heavy atom. The molecule has 0 aliphatic carbocycles. The predicted molar refractivity (Wildman–Crippen MR) is 91.1 cm³/mol. The van der Waals surface area contributed by atoms with E-state index in [0.717, 1.165) is 44.2 Å². The van der Waals surface area contributed by atoms with Gasteiger partial charge in [0.2, 0.25) is 0 Å². The van der Waals surface area contributed by atoms with Crippen LogP contribution in [0.25, 0.3) is 0 Å². The zero-order valence-corrected chi connectivity index (χ0v) is 14.6. The number of rotatable bonds is 7. The maximum Gasteiger partial charge on any atom is 0.265 e. The maximum absolute atomic E-state index is 11.8. The molecule has 0 amide bonds. The highest BCUT2D eigenvalue weighted by molar-refractivity contribution is 7.86. The summed E-state index contributed by atoms with van der Waals surface area (Å²) in [7, 11) is -1.98. The van der Waals surface area contributed by atoms with Crippen LogP contribution in [0.2, 0.25) is 0 Å². The molecule has 128 valence electrons. The topological polar surface area (TPSA) is 55.8 Å². The molecule has 1 saturated heterocycles. The van der Waals surface area contributed by atoms with Crippen molar-refractivity contribution in [2.75, 3.05) is 26.5 Å². The minimum atomic E-state index is -3.57. The Kier molecular flexibility index (Phi) is 6.21. The van der Waals surface area contributed by atoms with E-state index in [1.807, 2.05) is 30.3 Å². The van der Waals surface area contributed by atoms with Crippen molar-refractivity contribution in [2.24, 2.45) is 0 Å². The molecule has 2 rings (SSSR count). The van der Waals surface area contributed by atoms with Gasteiger partial charge in [-0.1, -0.05) is 24.6 Å². The number of likely N-dealkylation sites (tertiary alicyclic amines) is 1. The molecular formula is C17H25NO4S.